The molecule has 0 rings (SSSR count). The third-order valence-corrected chi connectivity index (χ3v) is 5.61. The third kappa shape index (κ3) is 12.5. The normalized spacial score (nSPS) is 14.3. The summed E-state index contributed by atoms with van der Waals surface area (Å²) in [6.45, 7) is 14.6. The Morgan fingerprint density at radius 3 is 1.95 bits per heavy atom. The minimum Gasteiger partial charge on any atom is -0.328 e. The molecular formula is C21H46N+. The van der Waals surface area contributed by atoms with E-state index >= 15 is 0 Å². The number of nitrogens with zero attached hydrogens (tertiary/aromatic N) is 1. The topological polar surface area (TPSA) is 0 Å². The molecule has 0 aliphatic carbocycles. The fraction of sp³-hybridized carbons (Fsp3) is 1.00. The number of hydrogen-bond acceptors (Lipinski definition) is 0. The summed E-state index contributed by atoms with van der Waals surface area (Å²) in [7, 11) is 4.83. The maximum absolute atomic E-state index is 2.45. The molecule has 0 aromatic rings. The van der Waals surface area contributed by atoms with Gasteiger partial charge in [-0.3, -0.25) is 0 Å². The lowest BCUT2D eigenvalue weighted by atomic mass is 9.86. The first-order valence-corrected chi connectivity index (χ1v) is 10.0. The highest BCUT2D eigenvalue weighted by Crippen LogP contribution is 2.25. The van der Waals surface area contributed by atoms with Crippen LogP contribution in [-0.2, 0) is 0 Å². The van der Waals surface area contributed by atoms with Crippen LogP contribution in [0.3, 0.4) is 0 Å². The van der Waals surface area contributed by atoms with Crippen molar-refractivity contribution >= 4 is 0 Å². The van der Waals surface area contributed by atoms with Gasteiger partial charge in [0.05, 0.1) is 27.2 Å². The van der Waals surface area contributed by atoms with Crippen molar-refractivity contribution in [3.8, 4) is 0 Å². The molecule has 0 fully saturated rings. The van der Waals surface area contributed by atoms with E-state index in [1.807, 2.05) is 0 Å². The highest BCUT2D eigenvalue weighted by Gasteiger charge is 2.21. The largest absolute Gasteiger partial charge is 0.328 e. The standard InChI is InChI=1S/C21H46N/c1-8-10-11-12-15-20(3)16-13-14-18-22(6,7)19-17-21(4,5)9-2/h20H,8-19H2,1-7H3/q+1. The molecule has 0 saturated carbocycles. The summed E-state index contributed by atoms with van der Waals surface area (Å²) >= 11 is 0. The zero-order valence-corrected chi connectivity index (χ0v) is 17.0. The van der Waals surface area contributed by atoms with Crippen LogP contribution < -0.4 is 0 Å². The first-order chi connectivity index (χ1) is 10.2. The molecule has 0 amide bonds. The Hall–Kier alpha value is -0.0400. The minimum atomic E-state index is 0.516. The van der Waals surface area contributed by atoms with Crippen molar-refractivity contribution in [1.29, 1.82) is 0 Å². The molecule has 0 heterocycles. The van der Waals surface area contributed by atoms with Gasteiger partial charge < -0.3 is 4.48 Å². The average molecular weight is 313 g/mol. The summed E-state index contributed by atoms with van der Waals surface area (Å²) in [4.78, 5) is 0. The van der Waals surface area contributed by atoms with E-state index in [0.717, 1.165) is 5.92 Å². The molecule has 0 saturated heterocycles. The van der Waals surface area contributed by atoms with Crippen LogP contribution in [0.4, 0.5) is 0 Å². The zero-order chi connectivity index (χ0) is 17.1. The fourth-order valence-electron chi connectivity index (χ4n) is 2.99. The van der Waals surface area contributed by atoms with Gasteiger partial charge in [0.25, 0.3) is 0 Å². The maximum Gasteiger partial charge on any atom is 0.0787 e. The number of hydrogen-bond donors (Lipinski definition) is 0. The molecule has 0 aromatic heterocycles. The summed E-state index contributed by atoms with van der Waals surface area (Å²) in [5.41, 5.74) is 0.516. The van der Waals surface area contributed by atoms with Gasteiger partial charge in [0.15, 0.2) is 0 Å². The highest BCUT2D eigenvalue weighted by atomic mass is 15.3. The lowest BCUT2D eigenvalue weighted by Crippen LogP contribution is -2.42. The van der Waals surface area contributed by atoms with Gasteiger partial charge in [0.1, 0.15) is 0 Å². The molecule has 134 valence electrons. The van der Waals surface area contributed by atoms with Crippen molar-refractivity contribution in [3.63, 3.8) is 0 Å². The van der Waals surface area contributed by atoms with E-state index in [1.54, 1.807) is 0 Å². The van der Waals surface area contributed by atoms with Crippen LogP contribution in [0.15, 0.2) is 0 Å². The molecule has 0 spiro atoms. The van der Waals surface area contributed by atoms with E-state index < -0.39 is 0 Å². The molecule has 0 aliphatic heterocycles. The summed E-state index contributed by atoms with van der Waals surface area (Å²) in [6.07, 6.45) is 14.0. The van der Waals surface area contributed by atoms with Gasteiger partial charge in [-0.1, -0.05) is 79.6 Å². The van der Waals surface area contributed by atoms with Crippen LogP contribution >= 0.6 is 0 Å². The van der Waals surface area contributed by atoms with Gasteiger partial charge in [-0.05, 0) is 24.2 Å². The van der Waals surface area contributed by atoms with Gasteiger partial charge in [-0.15, -0.1) is 0 Å². The summed E-state index contributed by atoms with van der Waals surface area (Å²) in [5, 5.41) is 0. The van der Waals surface area contributed by atoms with Crippen LogP contribution in [0.2, 0.25) is 0 Å². The molecule has 0 aromatic carbocycles. The van der Waals surface area contributed by atoms with E-state index in [9.17, 15) is 0 Å². The van der Waals surface area contributed by atoms with E-state index in [1.165, 1.54) is 81.8 Å². The van der Waals surface area contributed by atoms with Crippen LogP contribution in [0.1, 0.15) is 98.8 Å². The highest BCUT2D eigenvalue weighted by molar-refractivity contribution is 4.65. The molecule has 0 radical (unpaired) electrons. The first-order valence-electron chi connectivity index (χ1n) is 10.0. The molecular weight excluding hydrogens is 266 g/mol. The second-order valence-corrected chi connectivity index (χ2v) is 9.10. The van der Waals surface area contributed by atoms with Gasteiger partial charge in [-0.25, -0.2) is 0 Å². The Balaban J connectivity index is 3.71. The van der Waals surface area contributed by atoms with Crippen LogP contribution in [0.25, 0.3) is 0 Å². The number of unbranched alkanes of at least 4 members (excludes halogenated alkanes) is 4. The second kappa shape index (κ2) is 11.5. The van der Waals surface area contributed by atoms with Crippen molar-refractivity contribution in [2.75, 3.05) is 27.2 Å². The average Bonchev–Trinajstić information content (AvgIpc) is 2.46. The smallest absolute Gasteiger partial charge is 0.0787 e. The first kappa shape index (κ1) is 22.0. The van der Waals surface area contributed by atoms with Crippen LogP contribution in [-0.4, -0.2) is 31.7 Å². The second-order valence-electron chi connectivity index (χ2n) is 9.10. The van der Waals surface area contributed by atoms with E-state index in [4.69, 9.17) is 0 Å². The third-order valence-electron chi connectivity index (χ3n) is 5.61. The molecule has 22 heavy (non-hydrogen) atoms. The van der Waals surface area contributed by atoms with E-state index in [-0.39, 0.29) is 0 Å². The van der Waals surface area contributed by atoms with Gasteiger partial charge in [-0.2, -0.15) is 0 Å². The van der Waals surface area contributed by atoms with Crippen molar-refractivity contribution in [1.82, 2.24) is 0 Å². The Morgan fingerprint density at radius 2 is 1.41 bits per heavy atom. The van der Waals surface area contributed by atoms with E-state index in [2.05, 4.69) is 48.7 Å². The Kier molecular flexibility index (Phi) is 11.5. The summed E-state index contributed by atoms with van der Waals surface area (Å²) in [6, 6.07) is 0. The number of quaternary nitrogens is 1. The van der Waals surface area contributed by atoms with Gasteiger partial charge >= 0.3 is 0 Å². The zero-order valence-electron chi connectivity index (χ0n) is 17.0. The Labute approximate surface area is 142 Å². The van der Waals surface area contributed by atoms with Crippen LogP contribution in [0, 0.1) is 11.3 Å². The van der Waals surface area contributed by atoms with Crippen molar-refractivity contribution in [3.05, 3.63) is 0 Å². The predicted octanol–water partition coefficient (Wildman–Crippen LogP) is 6.67. The SMILES string of the molecule is CCCCCCC(C)CCCC[N+](C)(C)CCC(C)(C)CC. The van der Waals surface area contributed by atoms with Gasteiger partial charge in [0.2, 0.25) is 0 Å². The summed E-state index contributed by atoms with van der Waals surface area (Å²) in [5.74, 6) is 0.937. The predicted molar refractivity (Wildman–Crippen MR) is 102 cm³/mol. The summed E-state index contributed by atoms with van der Waals surface area (Å²) < 4.78 is 1.20. The Bertz CT molecular complexity index is 255. The fourth-order valence-corrected chi connectivity index (χ4v) is 2.99. The molecule has 1 heteroatoms. The Morgan fingerprint density at radius 1 is 0.818 bits per heavy atom. The monoisotopic (exact) mass is 312 g/mol. The molecule has 0 aliphatic rings. The van der Waals surface area contributed by atoms with Crippen molar-refractivity contribution in [2.24, 2.45) is 11.3 Å². The van der Waals surface area contributed by atoms with Crippen LogP contribution in [0.5, 0.6) is 0 Å². The lowest BCUT2D eigenvalue weighted by Gasteiger charge is -2.34. The van der Waals surface area contributed by atoms with Crippen molar-refractivity contribution in [2.45, 2.75) is 98.8 Å². The maximum atomic E-state index is 2.45. The minimum absolute atomic E-state index is 0.516. The van der Waals surface area contributed by atoms with Gasteiger partial charge in [0, 0.05) is 6.42 Å². The molecule has 1 atom stereocenters. The van der Waals surface area contributed by atoms with Crippen molar-refractivity contribution < 1.29 is 4.48 Å². The quantitative estimate of drug-likeness (QED) is 0.248. The lowest BCUT2D eigenvalue weighted by molar-refractivity contribution is -0.891. The molecule has 1 unspecified atom stereocenters. The number of rotatable bonds is 14. The molecule has 0 N–H and O–H groups in total. The molecule has 1 nitrogen and oxygen atoms in total. The van der Waals surface area contributed by atoms with E-state index in [0.29, 0.717) is 5.41 Å². The molecule has 0 bridgehead atoms.